The number of ether oxygens (including phenoxy) is 1. The van der Waals surface area contributed by atoms with Crippen LogP contribution in [0.1, 0.15) is 0 Å². The number of phenolic OH excluding ortho intramolecular Hbond substituents is 1. The minimum atomic E-state index is 0.226. The Balaban J connectivity index is 2.18. The van der Waals surface area contributed by atoms with Crippen molar-refractivity contribution in [3.05, 3.63) is 30.5 Å². The topological polar surface area (TPSA) is 60.2 Å². The molecule has 0 amide bonds. The van der Waals surface area contributed by atoms with Gasteiger partial charge in [0.1, 0.15) is 11.4 Å². The van der Waals surface area contributed by atoms with Gasteiger partial charge in [0.25, 0.3) is 0 Å². The van der Waals surface area contributed by atoms with Crippen LogP contribution in [0.15, 0.2) is 30.5 Å². The first-order valence-corrected chi connectivity index (χ1v) is 4.98. The van der Waals surface area contributed by atoms with Crippen LogP contribution >= 0.6 is 0 Å². The first kappa shape index (κ1) is 10.6. The van der Waals surface area contributed by atoms with Gasteiger partial charge in [0, 0.05) is 12.7 Å². The van der Waals surface area contributed by atoms with Crippen LogP contribution in [0.2, 0.25) is 0 Å². The van der Waals surface area contributed by atoms with Crippen molar-refractivity contribution in [2.24, 2.45) is 0 Å². The molecular formula is C11H13N3O2. The zero-order valence-corrected chi connectivity index (χ0v) is 9.00. The van der Waals surface area contributed by atoms with Gasteiger partial charge in [0.15, 0.2) is 0 Å². The number of hydrogen-bond donors (Lipinski definition) is 1. The first-order valence-electron chi connectivity index (χ1n) is 4.98. The van der Waals surface area contributed by atoms with Crippen LogP contribution in [0.25, 0.3) is 11.3 Å². The number of phenols is 1. The molecule has 1 aromatic carbocycles. The maximum Gasteiger partial charge on any atom is 0.116 e. The van der Waals surface area contributed by atoms with Crippen LogP contribution in [0, 0.1) is 0 Å². The van der Waals surface area contributed by atoms with Crippen molar-refractivity contribution in [2.75, 3.05) is 13.7 Å². The molecule has 0 bridgehead atoms. The smallest absolute Gasteiger partial charge is 0.116 e. The second-order valence-electron chi connectivity index (χ2n) is 3.41. The van der Waals surface area contributed by atoms with E-state index in [1.54, 1.807) is 30.0 Å². The molecule has 5 nitrogen and oxygen atoms in total. The zero-order valence-electron chi connectivity index (χ0n) is 9.00. The van der Waals surface area contributed by atoms with Crippen LogP contribution < -0.4 is 0 Å². The fraction of sp³-hybridized carbons (Fsp3) is 0.273. The van der Waals surface area contributed by atoms with E-state index in [0.29, 0.717) is 13.2 Å². The molecule has 0 aliphatic heterocycles. The predicted molar refractivity (Wildman–Crippen MR) is 59.0 cm³/mol. The molecule has 1 aromatic heterocycles. The predicted octanol–water partition coefficient (Wildman–Crippen LogP) is 1.30. The summed E-state index contributed by atoms with van der Waals surface area (Å²) in [7, 11) is 1.65. The van der Waals surface area contributed by atoms with E-state index in [4.69, 9.17) is 4.74 Å². The fourth-order valence-electron chi connectivity index (χ4n) is 1.39. The van der Waals surface area contributed by atoms with Crippen LogP contribution in [-0.4, -0.2) is 33.8 Å². The standard InChI is InChI=1S/C11H13N3O2/c1-16-6-5-14-8-11(12-13-14)9-3-2-4-10(15)7-9/h2-4,7-8,15H,5-6H2,1H3. The summed E-state index contributed by atoms with van der Waals surface area (Å²) < 4.78 is 6.66. The van der Waals surface area contributed by atoms with E-state index >= 15 is 0 Å². The van der Waals surface area contributed by atoms with Crippen molar-refractivity contribution < 1.29 is 9.84 Å². The molecule has 0 fully saturated rings. The van der Waals surface area contributed by atoms with Crippen molar-refractivity contribution in [3.8, 4) is 17.0 Å². The molecule has 1 N–H and O–H groups in total. The van der Waals surface area contributed by atoms with Gasteiger partial charge in [0.05, 0.1) is 19.3 Å². The van der Waals surface area contributed by atoms with Crippen LogP contribution in [-0.2, 0) is 11.3 Å². The molecule has 1 heterocycles. The van der Waals surface area contributed by atoms with E-state index in [1.165, 1.54) is 0 Å². The molecule has 0 saturated heterocycles. The molecule has 0 unspecified atom stereocenters. The summed E-state index contributed by atoms with van der Waals surface area (Å²) in [5.41, 5.74) is 1.59. The average molecular weight is 219 g/mol. The first-order chi connectivity index (χ1) is 7.79. The fourth-order valence-corrected chi connectivity index (χ4v) is 1.39. The quantitative estimate of drug-likeness (QED) is 0.841. The molecule has 0 radical (unpaired) electrons. The normalized spacial score (nSPS) is 10.6. The molecule has 2 aromatic rings. The maximum absolute atomic E-state index is 9.35. The maximum atomic E-state index is 9.35. The summed E-state index contributed by atoms with van der Waals surface area (Å²) >= 11 is 0. The molecule has 16 heavy (non-hydrogen) atoms. The Morgan fingerprint density at radius 2 is 2.31 bits per heavy atom. The Kier molecular flexibility index (Phi) is 3.16. The van der Waals surface area contributed by atoms with Gasteiger partial charge >= 0.3 is 0 Å². The molecule has 0 aliphatic carbocycles. The third-order valence-corrected chi connectivity index (χ3v) is 2.21. The largest absolute Gasteiger partial charge is 0.508 e. The Labute approximate surface area is 93.3 Å². The lowest BCUT2D eigenvalue weighted by atomic mass is 10.1. The van der Waals surface area contributed by atoms with E-state index in [1.807, 2.05) is 12.3 Å². The molecule has 84 valence electrons. The Morgan fingerprint density at radius 3 is 3.06 bits per heavy atom. The molecule has 5 heteroatoms. The number of aromatic nitrogens is 3. The van der Waals surface area contributed by atoms with Crippen LogP contribution in [0.3, 0.4) is 0 Å². The lowest BCUT2D eigenvalue weighted by Crippen LogP contribution is -2.04. The third-order valence-electron chi connectivity index (χ3n) is 2.21. The van der Waals surface area contributed by atoms with E-state index in [2.05, 4.69) is 10.3 Å². The molecule has 0 spiro atoms. The number of hydrogen-bond acceptors (Lipinski definition) is 4. The van der Waals surface area contributed by atoms with Crippen molar-refractivity contribution >= 4 is 0 Å². The van der Waals surface area contributed by atoms with Crippen molar-refractivity contribution in [1.29, 1.82) is 0 Å². The third kappa shape index (κ3) is 2.38. The molecule has 2 rings (SSSR count). The van der Waals surface area contributed by atoms with Crippen molar-refractivity contribution in [1.82, 2.24) is 15.0 Å². The summed E-state index contributed by atoms with van der Waals surface area (Å²) in [5, 5.41) is 17.3. The van der Waals surface area contributed by atoms with Gasteiger partial charge in [-0.25, -0.2) is 4.68 Å². The second-order valence-corrected chi connectivity index (χ2v) is 3.41. The second kappa shape index (κ2) is 4.76. The van der Waals surface area contributed by atoms with E-state index in [-0.39, 0.29) is 5.75 Å². The minimum absolute atomic E-state index is 0.226. The number of rotatable bonds is 4. The van der Waals surface area contributed by atoms with Gasteiger partial charge in [-0.05, 0) is 12.1 Å². The van der Waals surface area contributed by atoms with Gasteiger partial charge in [-0.15, -0.1) is 5.10 Å². The van der Waals surface area contributed by atoms with E-state index < -0.39 is 0 Å². The summed E-state index contributed by atoms with van der Waals surface area (Å²) in [5.74, 6) is 0.226. The van der Waals surface area contributed by atoms with E-state index in [0.717, 1.165) is 11.3 Å². The lowest BCUT2D eigenvalue weighted by Gasteiger charge is -1.97. The highest BCUT2D eigenvalue weighted by Crippen LogP contribution is 2.20. The highest BCUT2D eigenvalue weighted by Gasteiger charge is 2.03. The van der Waals surface area contributed by atoms with Gasteiger partial charge in [-0.1, -0.05) is 17.3 Å². The lowest BCUT2D eigenvalue weighted by molar-refractivity contribution is 0.183. The molecule has 0 saturated carbocycles. The molecular weight excluding hydrogens is 206 g/mol. The molecule has 0 aliphatic rings. The summed E-state index contributed by atoms with van der Waals surface area (Å²) in [6.07, 6.45) is 1.83. The number of nitrogens with zero attached hydrogens (tertiary/aromatic N) is 3. The Hall–Kier alpha value is -1.88. The van der Waals surface area contributed by atoms with Gasteiger partial charge in [-0.2, -0.15) is 0 Å². The summed E-state index contributed by atoms with van der Waals surface area (Å²) in [4.78, 5) is 0. The SMILES string of the molecule is COCCn1cc(-c2cccc(O)c2)nn1. The number of benzene rings is 1. The number of aromatic hydroxyl groups is 1. The van der Waals surface area contributed by atoms with Crippen molar-refractivity contribution in [3.63, 3.8) is 0 Å². The monoisotopic (exact) mass is 219 g/mol. The Bertz CT molecular complexity index is 468. The average Bonchev–Trinajstić information content (AvgIpc) is 2.75. The minimum Gasteiger partial charge on any atom is -0.508 e. The van der Waals surface area contributed by atoms with E-state index in [9.17, 15) is 5.11 Å². The summed E-state index contributed by atoms with van der Waals surface area (Å²) in [6, 6.07) is 6.94. The highest BCUT2D eigenvalue weighted by atomic mass is 16.5. The number of methoxy groups -OCH3 is 1. The Morgan fingerprint density at radius 1 is 1.44 bits per heavy atom. The highest BCUT2D eigenvalue weighted by molar-refractivity contribution is 5.59. The summed E-state index contributed by atoms with van der Waals surface area (Å²) in [6.45, 7) is 1.27. The van der Waals surface area contributed by atoms with Gasteiger partial charge < -0.3 is 9.84 Å². The van der Waals surface area contributed by atoms with Crippen LogP contribution in [0.4, 0.5) is 0 Å². The van der Waals surface area contributed by atoms with Crippen LogP contribution in [0.5, 0.6) is 5.75 Å². The van der Waals surface area contributed by atoms with Crippen molar-refractivity contribution in [2.45, 2.75) is 6.54 Å². The molecule has 0 atom stereocenters. The van der Waals surface area contributed by atoms with Gasteiger partial charge in [0.2, 0.25) is 0 Å². The van der Waals surface area contributed by atoms with Gasteiger partial charge in [-0.3, -0.25) is 0 Å². The zero-order chi connectivity index (χ0) is 11.4.